The first kappa shape index (κ1) is 36.5. The molecule has 0 spiro atoms. The van der Waals surface area contributed by atoms with Crippen LogP contribution in [-0.2, 0) is 25.1 Å². The SMILES string of the molecule is CCn1c(/C=C/[C@@H]2C[C@@H](O[Si](c3ccccc3)(c3ccccc3)C(C)(C)C)CC(=O)O2)c(-c2ccc(F)cc2)c2cc(OCP(=O)(O)O)ccc21. The standard InChI is InChI=1S/C40H43FNO7PSi/c1-5-42-36-22-20-30(47-27-50(44,45)46)25-35(36)39(28-16-18-29(41)19-17-28)37(42)23-21-31-24-32(26-38(43)48-31)49-51(40(2,3)4,33-12-8-6-9-13-33)34-14-10-7-11-15-34/h6-23,25,31-32H,5,24,26-27H2,1-4H3,(H2,44,45,46)/b23-21+/t31-,32-/m1/s1. The fraction of sp³-hybridized carbons (Fsp3) is 0.275. The van der Waals surface area contributed by atoms with E-state index in [2.05, 4.69) is 49.6 Å². The summed E-state index contributed by atoms with van der Waals surface area (Å²) >= 11 is 0. The van der Waals surface area contributed by atoms with Gasteiger partial charge in [0.1, 0.15) is 17.7 Å². The maximum absolute atomic E-state index is 14.1. The Hall–Kier alpha value is -4.31. The number of rotatable bonds is 11. The summed E-state index contributed by atoms with van der Waals surface area (Å²) in [6, 6.07) is 32.1. The van der Waals surface area contributed by atoms with E-state index >= 15 is 0 Å². The molecule has 4 aromatic carbocycles. The predicted molar refractivity (Wildman–Crippen MR) is 201 cm³/mol. The van der Waals surface area contributed by atoms with Crippen LogP contribution in [0.4, 0.5) is 4.39 Å². The zero-order valence-electron chi connectivity index (χ0n) is 29.2. The Balaban J connectivity index is 1.39. The number of halogens is 1. The molecule has 2 atom stereocenters. The molecular weight excluding hydrogens is 684 g/mol. The molecule has 0 radical (unpaired) electrons. The van der Waals surface area contributed by atoms with Crippen molar-refractivity contribution < 1.29 is 37.4 Å². The van der Waals surface area contributed by atoms with E-state index in [0.29, 0.717) is 18.7 Å². The first-order valence-electron chi connectivity index (χ1n) is 17.0. The second kappa shape index (κ2) is 14.7. The molecule has 1 aliphatic rings. The molecule has 1 fully saturated rings. The van der Waals surface area contributed by atoms with Crippen molar-refractivity contribution in [3.05, 3.63) is 121 Å². The maximum Gasteiger partial charge on any atom is 0.362 e. The van der Waals surface area contributed by atoms with Crippen LogP contribution in [0.25, 0.3) is 28.1 Å². The molecule has 2 N–H and O–H groups in total. The minimum atomic E-state index is -4.40. The van der Waals surface area contributed by atoms with Crippen LogP contribution in [0.15, 0.2) is 109 Å². The number of cyclic esters (lactones) is 1. The van der Waals surface area contributed by atoms with Gasteiger partial charge in [-0.1, -0.05) is 93.6 Å². The van der Waals surface area contributed by atoms with E-state index < -0.39 is 34.5 Å². The summed E-state index contributed by atoms with van der Waals surface area (Å²) in [4.78, 5) is 32.0. The number of nitrogens with zero attached hydrogens (tertiary/aromatic N) is 1. The number of hydrogen-bond donors (Lipinski definition) is 2. The number of hydrogen-bond acceptors (Lipinski definition) is 5. The lowest BCUT2D eigenvalue weighted by Crippen LogP contribution is -2.68. The number of aryl methyl sites for hydroxylation is 1. The van der Waals surface area contributed by atoms with Gasteiger partial charge < -0.3 is 28.3 Å². The molecule has 8 nitrogen and oxygen atoms in total. The van der Waals surface area contributed by atoms with Crippen LogP contribution in [0.2, 0.25) is 5.04 Å². The molecule has 11 heteroatoms. The predicted octanol–water partition coefficient (Wildman–Crippen LogP) is 7.65. The molecule has 0 saturated carbocycles. The van der Waals surface area contributed by atoms with Crippen molar-refractivity contribution in [2.75, 3.05) is 6.35 Å². The van der Waals surface area contributed by atoms with Gasteiger partial charge in [-0.05, 0) is 70.4 Å². The highest BCUT2D eigenvalue weighted by molar-refractivity contribution is 7.51. The molecule has 2 heterocycles. The summed E-state index contributed by atoms with van der Waals surface area (Å²) in [6.07, 6.45) is 2.71. The Morgan fingerprint density at radius 2 is 1.59 bits per heavy atom. The van der Waals surface area contributed by atoms with Crippen molar-refractivity contribution in [2.45, 2.75) is 64.3 Å². The smallest absolute Gasteiger partial charge is 0.362 e. The van der Waals surface area contributed by atoms with Crippen molar-refractivity contribution in [3.63, 3.8) is 0 Å². The van der Waals surface area contributed by atoms with E-state index in [0.717, 1.165) is 38.1 Å². The highest BCUT2D eigenvalue weighted by atomic mass is 31.2. The van der Waals surface area contributed by atoms with Gasteiger partial charge >= 0.3 is 13.6 Å². The van der Waals surface area contributed by atoms with Crippen molar-refractivity contribution in [1.29, 1.82) is 0 Å². The number of benzene rings is 4. The number of carbonyl (C=O) groups is 1. The van der Waals surface area contributed by atoms with Gasteiger partial charge in [-0.2, -0.15) is 0 Å². The first-order valence-corrected chi connectivity index (χ1v) is 20.8. The number of aromatic nitrogens is 1. The largest absolute Gasteiger partial charge is 0.481 e. The Morgan fingerprint density at radius 3 is 2.16 bits per heavy atom. The van der Waals surface area contributed by atoms with Gasteiger partial charge in [0.2, 0.25) is 0 Å². The third kappa shape index (κ3) is 7.81. The fourth-order valence-corrected chi connectivity index (χ4v) is 12.2. The minimum Gasteiger partial charge on any atom is -0.481 e. The lowest BCUT2D eigenvalue weighted by Gasteiger charge is -2.46. The van der Waals surface area contributed by atoms with Gasteiger partial charge in [0.25, 0.3) is 8.32 Å². The number of esters is 1. The Labute approximate surface area is 298 Å². The lowest BCUT2D eigenvalue weighted by atomic mass is 10.00. The van der Waals surface area contributed by atoms with Gasteiger partial charge in [-0.25, -0.2) is 4.39 Å². The van der Waals surface area contributed by atoms with E-state index in [1.54, 1.807) is 24.3 Å². The van der Waals surface area contributed by atoms with E-state index in [4.69, 9.17) is 13.9 Å². The molecule has 1 aliphatic heterocycles. The Bertz CT molecular complexity index is 2030. The molecule has 5 aromatic rings. The molecule has 6 rings (SSSR count). The van der Waals surface area contributed by atoms with Gasteiger partial charge in [0, 0.05) is 35.1 Å². The molecule has 0 unspecified atom stereocenters. The lowest BCUT2D eigenvalue weighted by molar-refractivity contribution is -0.155. The average Bonchev–Trinajstić information content (AvgIpc) is 3.41. The zero-order valence-corrected chi connectivity index (χ0v) is 31.1. The molecule has 1 saturated heterocycles. The van der Waals surface area contributed by atoms with Crippen molar-refractivity contribution in [3.8, 4) is 16.9 Å². The normalized spacial score (nSPS) is 17.2. The van der Waals surface area contributed by atoms with Crippen LogP contribution >= 0.6 is 7.60 Å². The molecule has 1 aromatic heterocycles. The molecule has 266 valence electrons. The van der Waals surface area contributed by atoms with Gasteiger partial charge in [0.05, 0.1) is 12.5 Å². The molecule has 0 bridgehead atoms. The summed E-state index contributed by atoms with van der Waals surface area (Å²) in [5, 5.41) is 2.77. The fourth-order valence-electron chi connectivity index (χ4n) is 7.18. The average molecular weight is 728 g/mol. The van der Waals surface area contributed by atoms with Crippen LogP contribution in [0.1, 0.15) is 46.2 Å². The number of carbonyl (C=O) groups excluding carboxylic acids is 1. The van der Waals surface area contributed by atoms with Gasteiger partial charge in [0.15, 0.2) is 6.35 Å². The topological polar surface area (TPSA) is 107 Å². The highest BCUT2D eigenvalue weighted by Gasteiger charge is 2.52. The van der Waals surface area contributed by atoms with Gasteiger partial charge in [-0.15, -0.1) is 0 Å². The third-order valence-corrected chi connectivity index (χ3v) is 14.9. The number of fused-ring (bicyclic) bond motifs is 1. The molecule has 0 amide bonds. The Morgan fingerprint density at radius 1 is 0.961 bits per heavy atom. The quantitative estimate of drug-likeness (QED) is 0.0818. The van der Waals surface area contributed by atoms with Crippen molar-refractivity contribution >= 4 is 49.2 Å². The van der Waals surface area contributed by atoms with Crippen LogP contribution in [-0.4, -0.2) is 47.2 Å². The maximum atomic E-state index is 14.1. The van der Waals surface area contributed by atoms with Crippen LogP contribution in [0.3, 0.4) is 0 Å². The van der Waals surface area contributed by atoms with Crippen LogP contribution in [0, 0.1) is 5.82 Å². The first-order chi connectivity index (χ1) is 24.3. The van der Waals surface area contributed by atoms with Crippen LogP contribution < -0.4 is 15.1 Å². The zero-order chi connectivity index (χ0) is 36.4. The third-order valence-electron chi connectivity index (χ3n) is 9.32. The van der Waals surface area contributed by atoms with Gasteiger partial charge in [-0.3, -0.25) is 9.36 Å². The molecule has 0 aliphatic carbocycles. The second-order valence-electron chi connectivity index (χ2n) is 13.9. The summed E-state index contributed by atoms with van der Waals surface area (Å²) in [7, 11) is -7.33. The van der Waals surface area contributed by atoms with E-state index in [1.165, 1.54) is 12.1 Å². The minimum absolute atomic E-state index is 0.141. The summed E-state index contributed by atoms with van der Waals surface area (Å²) in [5.74, 6) is -0.412. The highest BCUT2D eigenvalue weighted by Crippen LogP contribution is 2.41. The summed E-state index contributed by atoms with van der Waals surface area (Å²) in [5.41, 5.74) is 3.19. The summed E-state index contributed by atoms with van der Waals surface area (Å²) in [6.45, 7) is 9.23. The Kier molecular flexibility index (Phi) is 10.5. The van der Waals surface area contributed by atoms with Crippen molar-refractivity contribution in [1.82, 2.24) is 4.57 Å². The van der Waals surface area contributed by atoms with E-state index in [-0.39, 0.29) is 23.2 Å². The van der Waals surface area contributed by atoms with Crippen LogP contribution in [0.5, 0.6) is 5.75 Å². The van der Waals surface area contributed by atoms with E-state index in [1.807, 2.05) is 61.5 Å². The number of ether oxygens (including phenoxy) is 2. The molecule has 51 heavy (non-hydrogen) atoms. The molecular formula is C40H43FNO7PSi. The van der Waals surface area contributed by atoms with E-state index in [9.17, 15) is 23.5 Å². The monoisotopic (exact) mass is 727 g/mol. The van der Waals surface area contributed by atoms with Crippen molar-refractivity contribution in [2.24, 2.45) is 0 Å². The summed E-state index contributed by atoms with van der Waals surface area (Å²) < 4.78 is 46.4. The second-order valence-corrected chi connectivity index (χ2v) is 19.7.